The molecule has 1 saturated carbocycles. The summed E-state index contributed by atoms with van der Waals surface area (Å²) in [5.74, 6) is 0.317. The fourth-order valence-corrected chi connectivity index (χ4v) is 2.57. The Labute approximate surface area is 118 Å². The van der Waals surface area contributed by atoms with Gasteiger partial charge in [0.05, 0.1) is 24.4 Å². The third-order valence-corrected chi connectivity index (χ3v) is 3.49. The number of nitrogens with one attached hydrogen (secondary N) is 1. The Morgan fingerprint density at radius 2 is 2.30 bits per heavy atom. The van der Waals surface area contributed by atoms with Crippen LogP contribution >= 0.6 is 0 Å². The molecule has 1 aromatic rings. The zero-order valence-corrected chi connectivity index (χ0v) is 11.9. The molecule has 0 saturated heterocycles. The molecule has 1 heterocycles. The van der Waals surface area contributed by atoms with E-state index in [1.54, 1.807) is 12.4 Å². The van der Waals surface area contributed by atoms with Gasteiger partial charge in [0.2, 0.25) is 5.88 Å². The van der Waals surface area contributed by atoms with Gasteiger partial charge in [0.15, 0.2) is 0 Å². The van der Waals surface area contributed by atoms with Gasteiger partial charge >= 0.3 is 5.97 Å². The molecule has 0 radical (unpaired) electrons. The first kappa shape index (κ1) is 14.6. The van der Waals surface area contributed by atoms with Crippen molar-refractivity contribution in [3.05, 3.63) is 12.4 Å². The van der Waals surface area contributed by atoms with Crippen LogP contribution in [0.2, 0.25) is 0 Å². The summed E-state index contributed by atoms with van der Waals surface area (Å²) < 4.78 is 5.48. The zero-order chi connectivity index (χ0) is 14.5. The lowest BCUT2D eigenvalue weighted by atomic mass is 9.96. The quantitative estimate of drug-likeness (QED) is 0.830. The van der Waals surface area contributed by atoms with Crippen LogP contribution in [0.15, 0.2) is 12.4 Å². The molecule has 20 heavy (non-hydrogen) atoms. The van der Waals surface area contributed by atoms with E-state index in [0.29, 0.717) is 18.2 Å². The van der Waals surface area contributed by atoms with Crippen LogP contribution in [0, 0.1) is 11.8 Å². The van der Waals surface area contributed by atoms with Gasteiger partial charge in [-0.25, -0.2) is 0 Å². The first-order valence-corrected chi connectivity index (χ1v) is 7.01. The van der Waals surface area contributed by atoms with E-state index in [0.717, 1.165) is 19.3 Å². The number of carboxylic acid groups (broad SMARTS) is 1. The minimum Gasteiger partial charge on any atom is -0.481 e. The fraction of sp³-hybridized carbons (Fsp3) is 0.643. The number of anilines is 1. The highest BCUT2D eigenvalue weighted by Gasteiger charge is 2.32. The normalized spacial score (nSPS) is 21.9. The number of aliphatic carboxylic acids is 1. The smallest absolute Gasteiger partial charge is 0.306 e. The molecule has 0 aliphatic heterocycles. The van der Waals surface area contributed by atoms with Gasteiger partial charge in [0.1, 0.15) is 5.82 Å². The van der Waals surface area contributed by atoms with Crippen molar-refractivity contribution in [2.45, 2.75) is 39.2 Å². The molecule has 1 aromatic heterocycles. The van der Waals surface area contributed by atoms with E-state index in [1.807, 2.05) is 13.8 Å². The van der Waals surface area contributed by atoms with Crippen molar-refractivity contribution in [2.75, 3.05) is 11.9 Å². The van der Waals surface area contributed by atoms with Gasteiger partial charge in [-0.2, -0.15) is 4.98 Å². The molecule has 2 rings (SSSR count). The number of aromatic nitrogens is 2. The molecule has 1 aliphatic carbocycles. The number of hydrogen-bond donors (Lipinski definition) is 2. The maximum atomic E-state index is 11.1. The second kappa shape index (κ2) is 6.54. The van der Waals surface area contributed by atoms with Crippen molar-refractivity contribution < 1.29 is 14.6 Å². The first-order valence-electron chi connectivity index (χ1n) is 7.01. The maximum absolute atomic E-state index is 11.1. The summed E-state index contributed by atoms with van der Waals surface area (Å²) in [4.78, 5) is 19.5. The SMILES string of the molecule is CC(C)Oc1cncc(NCC2CCCC2C(=O)O)n1. The van der Waals surface area contributed by atoms with E-state index in [1.165, 1.54) is 0 Å². The summed E-state index contributed by atoms with van der Waals surface area (Å²) >= 11 is 0. The molecule has 2 unspecified atom stereocenters. The second-order valence-corrected chi connectivity index (χ2v) is 5.43. The zero-order valence-electron chi connectivity index (χ0n) is 11.9. The van der Waals surface area contributed by atoms with Crippen molar-refractivity contribution in [1.29, 1.82) is 0 Å². The summed E-state index contributed by atoms with van der Waals surface area (Å²) in [6.07, 6.45) is 5.93. The van der Waals surface area contributed by atoms with Gasteiger partial charge in [-0.15, -0.1) is 0 Å². The summed E-state index contributed by atoms with van der Waals surface area (Å²) in [6.45, 7) is 4.46. The Kier molecular flexibility index (Phi) is 4.76. The standard InChI is InChI=1S/C14H21N3O3/c1-9(2)20-13-8-15-7-12(17-13)16-6-10-4-3-5-11(10)14(18)19/h7-11H,3-6H2,1-2H3,(H,16,17)(H,18,19). The predicted octanol–water partition coefficient (Wildman–Crippen LogP) is 2.18. The van der Waals surface area contributed by atoms with E-state index in [9.17, 15) is 4.79 Å². The Balaban J connectivity index is 1.92. The average molecular weight is 279 g/mol. The van der Waals surface area contributed by atoms with Gasteiger partial charge in [0.25, 0.3) is 0 Å². The minimum atomic E-state index is -0.697. The van der Waals surface area contributed by atoms with E-state index in [4.69, 9.17) is 9.84 Å². The molecule has 2 atom stereocenters. The number of carboxylic acids is 1. The van der Waals surface area contributed by atoms with Crippen molar-refractivity contribution in [3.63, 3.8) is 0 Å². The Bertz CT molecular complexity index is 465. The van der Waals surface area contributed by atoms with E-state index >= 15 is 0 Å². The van der Waals surface area contributed by atoms with Crippen molar-refractivity contribution in [1.82, 2.24) is 9.97 Å². The van der Waals surface area contributed by atoms with Crippen LogP contribution in [0.25, 0.3) is 0 Å². The van der Waals surface area contributed by atoms with Crippen molar-refractivity contribution >= 4 is 11.8 Å². The molecule has 2 N–H and O–H groups in total. The molecule has 0 bridgehead atoms. The largest absolute Gasteiger partial charge is 0.481 e. The molecule has 6 heteroatoms. The van der Waals surface area contributed by atoms with Gasteiger partial charge in [-0.1, -0.05) is 6.42 Å². The Morgan fingerprint density at radius 3 is 3.00 bits per heavy atom. The van der Waals surface area contributed by atoms with Crippen LogP contribution in [-0.4, -0.2) is 33.7 Å². The van der Waals surface area contributed by atoms with Crippen LogP contribution < -0.4 is 10.1 Å². The third kappa shape index (κ3) is 3.82. The highest BCUT2D eigenvalue weighted by Crippen LogP contribution is 2.31. The summed E-state index contributed by atoms with van der Waals surface area (Å²) in [6, 6.07) is 0. The molecule has 1 aliphatic rings. The lowest BCUT2D eigenvalue weighted by Gasteiger charge is -2.17. The maximum Gasteiger partial charge on any atom is 0.306 e. The number of hydrogen-bond acceptors (Lipinski definition) is 5. The molecule has 0 amide bonds. The highest BCUT2D eigenvalue weighted by molar-refractivity contribution is 5.70. The van der Waals surface area contributed by atoms with Crippen molar-refractivity contribution in [2.24, 2.45) is 11.8 Å². The molecule has 1 fully saturated rings. The van der Waals surface area contributed by atoms with Gasteiger partial charge in [0, 0.05) is 6.54 Å². The monoisotopic (exact) mass is 279 g/mol. The van der Waals surface area contributed by atoms with Crippen LogP contribution in [0.3, 0.4) is 0 Å². The van der Waals surface area contributed by atoms with Gasteiger partial charge in [-0.05, 0) is 32.6 Å². The van der Waals surface area contributed by atoms with Crippen LogP contribution in [0.1, 0.15) is 33.1 Å². The number of ether oxygens (including phenoxy) is 1. The second-order valence-electron chi connectivity index (χ2n) is 5.43. The Morgan fingerprint density at radius 1 is 1.50 bits per heavy atom. The van der Waals surface area contributed by atoms with E-state index < -0.39 is 5.97 Å². The summed E-state index contributed by atoms with van der Waals surface area (Å²) in [5, 5.41) is 12.3. The van der Waals surface area contributed by atoms with Crippen LogP contribution in [-0.2, 0) is 4.79 Å². The number of carbonyl (C=O) groups is 1. The highest BCUT2D eigenvalue weighted by atomic mass is 16.5. The van der Waals surface area contributed by atoms with Crippen LogP contribution in [0.4, 0.5) is 5.82 Å². The van der Waals surface area contributed by atoms with Crippen molar-refractivity contribution in [3.8, 4) is 5.88 Å². The van der Waals surface area contributed by atoms with E-state index in [2.05, 4.69) is 15.3 Å². The number of rotatable bonds is 6. The van der Waals surface area contributed by atoms with E-state index in [-0.39, 0.29) is 17.9 Å². The first-order chi connectivity index (χ1) is 9.56. The molecule has 0 spiro atoms. The van der Waals surface area contributed by atoms with Gasteiger partial charge in [-0.3, -0.25) is 9.78 Å². The average Bonchev–Trinajstić information content (AvgIpc) is 2.84. The molecular weight excluding hydrogens is 258 g/mol. The summed E-state index contributed by atoms with van der Waals surface area (Å²) in [5.41, 5.74) is 0. The molecule has 0 aromatic carbocycles. The molecule has 110 valence electrons. The van der Waals surface area contributed by atoms with Gasteiger partial charge < -0.3 is 15.2 Å². The lowest BCUT2D eigenvalue weighted by Crippen LogP contribution is -2.24. The fourth-order valence-electron chi connectivity index (χ4n) is 2.57. The molecule has 6 nitrogen and oxygen atoms in total. The predicted molar refractivity (Wildman–Crippen MR) is 74.8 cm³/mol. The Hall–Kier alpha value is -1.85. The molecular formula is C14H21N3O3. The number of nitrogens with zero attached hydrogens (tertiary/aromatic N) is 2. The minimum absolute atomic E-state index is 0.0470. The summed E-state index contributed by atoms with van der Waals surface area (Å²) in [7, 11) is 0. The van der Waals surface area contributed by atoms with Crippen LogP contribution in [0.5, 0.6) is 5.88 Å². The third-order valence-electron chi connectivity index (χ3n) is 3.49. The topological polar surface area (TPSA) is 84.3 Å². The lowest BCUT2D eigenvalue weighted by molar-refractivity contribution is -0.142.